The maximum Gasteiger partial charge on any atom is 0.324 e. The molecule has 2 aromatic rings. The fourth-order valence-electron chi connectivity index (χ4n) is 3.59. The van der Waals surface area contributed by atoms with Crippen molar-refractivity contribution >= 4 is 22.8 Å². The molecule has 0 aliphatic carbocycles. The summed E-state index contributed by atoms with van der Waals surface area (Å²) in [7, 11) is 0. The average Bonchev–Trinajstić information content (AvgIpc) is 3.29. The molecule has 2 atom stereocenters. The Labute approximate surface area is 140 Å². The van der Waals surface area contributed by atoms with Gasteiger partial charge >= 0.3 is 6.03 Å². The number of carbonyl (C=O) groups is 2. The van der Waals surface area contributed by atoms with Gasteiger partial charge in [-0.05, 0) is 30.9 Å². The van der Waals surface area contributed by atoms with Crippen molar-refractivity contribution in [3.05, 3.63) is 36.0 Å². The minimum atomic E-state index is -0.485. The molecule has 1 aromatic carbocycles. The Morgan fingerprint density at radius 1 is 1.25 bits per heavy atom. The first-order valence-electron chi connectivity index (χ1n) is 8.51. The number of urea groups is 1. The van der Waals surface area contributed by atoms with Crippen molar-refractivity contribution in [3.63, 3.8) is 0 Å². The van der Waals surface area contributed by atoms with Crippen molar-refractivity contribution < 1.29 is 14.3 Å². The summed E-state index contributed by atoms with van der Waals surface area (Å²) in [5.41, 5.74) is 2.09. The number of hydrogen-bond donors (Lipinski definition) is 2. The van der Waals surface area contributed by atoms with Gasteiger partial charge in [-0.3, -0.25) is 9.69 Å². The third kappa shape index (κ3) is 2.78. The molecule has 0 saturated carbocycles. The van der Waals surface area contributed by atoms with Crippen LogP contribution in [0.1, 0.15) is 24.8 Å². The largest absolute Gasteiger partial charge is 0.378 e. The zero-order valence-electron chi connectivity index (χ0n) is 13.5. The van der Waals surface area contributed by atoms with E-state index in [2.05, 4.69) is 10.3 Å². The van der Waals surface area contributed by atoms with Crippen LogP contribution in [-0.4, -0.2) is 47.1 Å². The highest BCUT2D eigenvalue weighted by molar-refractivity contribution is 6.04. The molecule has 2 N–H and O–H groups in total. The second-order valence-electron chi connectivity index (χ2n) is 6.48. The summed E-state index contributed by atoms with van der Waals surface area (Å²) in [4.78, 5) is 29.3. The number of hydrogen-bond acceptors (Lipinski definition) is 3. The predicted molar refractivity (Wildman–Crippen MR) is 89.6 cm³/mol. The van der Waals surface area contributed by atoms with Crippen molar-refractivity contribution in [1.82, 2.24) is 15.2 Å². The summed E-state index contributed by atoms with van der Waals surface area (Å²) >= 11 is 0. The number of benzene rings is 1. The van der Waals surface area contributed by atoms with Crippen molar-refractivity contribution in [2.45, 2.75) is 37.8 Å². The van der Waals surface area contributed by atoms with Gasteiger partial charge in [-0.25, -0.2) is 4.79 Å². The van der Waals surface area contributed by atoms with Crippen molar-refractivity contribution in [1.29, 1.82) is 0 Å². The average molecular weight is 327 g/mol. The number of imide groups is 1. The van der Waals surface area contributed by atoms with Crippen LogP contribution in [0.15, 0.2) is 30.5 Å². The quantitative estimate of drug-likeness (QED) is 0.827. The second-order valence-corrected chi connectivity index (χ2v) is 6.48. The highest BCUT2D eigenvalue weighted by Gasteiger charge is 2.38. The minimum Gasteiger partial charge on any atom is -0.378 e. The van der Waals surface area contributed by atoms with E-state index in [1.54, 1.807) is 0 Å². The van der Waals surface area contributed by atoms with Gasteiger partial charge in [0.1, 0.15) is 6.04 Å². The van der Waals surface area contributed by atoms with E-state index in [1.807, 2.05) is 30.5 Å². The first-order valence-corrected chi connectivity index (χ1v) is 8.51. The number of ether oxygens (including phenoxy) is 1. The molecule has 2 saturated heterocycles. The number of nitrogens with one attached hydrogen (secondary N) is 2. The van der Waals surface area contributed by atoms with Crippen LogP contribution in [-0.2, 0) is 16.0 Å². The standard InChI is InChI=1S/C18H21N3O3/c22-17-16(10-12-11-19-15-6-2-1-5-14(12)15)20-18(23)21(17)8-7-13-4-3-9-24-13/h1-2,5-6,11,13,16,19H,3-4,7-10H2,(H,20,23)/t13-,16+/m0/s1. The number of amides is 3. The zero-order chi connectivity index (χ0) is 16.5. The molecule has 126 valence electrons. The van der Waals surface area contributed by atoms with Gasteiger partial charge in [0.2, 0.25) is 0 Å². The Hall–Kier alpha value is -2.34. The van der Waals surface area contributed by atoms with E-state index < -0.39 is 6.04 Å². The molecule has 0 unspecified atom stereocenters. The second kappa shape index (κ2) is 6.28. The van der Waals surface area contributed by atoms with Crippen molar-refractivity contribution in [3.8, 4) is 0 Å². The molecule has 0 radical (unpaired) electrons. The molecule has 3 amide bonds. The zero-order valence-corrected chi connectivity index (χ0v) is 13.5. The molecule has 6 nitrogen and oxygen atoms in total. The molecular weight excluding hydrogens is 306 g/mol. The van der Waals surface area contributed by atoms with Gasteiger partial charge in [0.15, 0.2) is 0 Å². The van der Waals surface area contributed by atoms with Crippen LogP contribution >= 0.6 is 0 Å². The summed E-state index contributed by atoms with van der Waals surface area (Å²) in [5, 5.41) is 3.91. The number of aromatic amines is 1. The smallest absolute Gasteiger partial charge is 0.324 e. The molecule has 2 fully saturated rings. The first kappa shape index (κ1) is 15.2. The van der Waals surface area contributed by atoms with E-state index >= 15 is 0 Å². The summed E-state index contributed by atoms with van der Waals surface area (Å²) < 4.78 is 5.57. The van der Waals surface area contributed by atoms with Gasteiger partial charge in [-0.2, -0.15) is 0 Å². The summed E-state index contributed by atoms with van der Waals surface area (Å²) in [6.45, 7) is 1.22. The topological polar surface area (TPSA) is 74.4 Å². The van der Waals surface area contributed by atoms with E-state index in [1.165, 1.54) is 4.90 Å². The highest BCUT2D eigenvalue weighted by atomic mass is 16.5. The van der Waals surface area contributed by atoms with Crippen LogP contribution in [0, 0.1) is 0 Å². The Kier molecular flexibility index (Phi) is 3.98. The molecule has 6 heteroatoms. The summed E-state index contributed by atoms with van der Waals surface area (Å²) in [5.74, 6) is -0.136. The first-order chi connectivity index (χ1) is 11.7. The van der Waals surface area contributed by atoms with Crippen LogP contribution in [0.4, 0.5) is 4.79 Å². The van der Waals surface area contributed by atoms with Gasteiger partial charge < -0.3 is 15.0 Å². The van der Waals surface area contributed by atoms with Gasteiger partial charge in [-0.15, -0.1) is 0 Å². The van der Waals surface area contributed by atoms with Gasteiger partial charge in [0.25, 0.3) is 5.91 Å². The third-order valence-electron chi connectivity index (χ3n) is 4.90. The number of aromatic nitrogens is 1. The number of nitrogens with zero attached hydrogens (tertiary/aromatic N) is 1. The van der Waals surface area contributed by atoms with E-state index in [4.69, 9.17) is 4.74 Å². The monoisotopic (exact) mass is 327 g/mol. The maximum atomic E-state index is 12.6. The summed E-state index contributed by atoms with van der Waals surface area (Å²) in [6, 6.07) is 7.20. The minimum absolute atomic E-state index is 0.136. The van der Waals surface area contributed by atoms with E-state index in [-0.39, 0.29) is 18.0 Å². The number of fused-ring (bicyclic) bond motifs is 1. The van der Waals surface area contributed by atoms with Crippen molar-refractivity contribution in [2.75, 3.05) is 13.2 Å². The van der Waals surface area contributed by atoms with Gasteiger partial charge in [-0.1, -0.05) is 18.2 Å². The number of rotatable bonds is 5. The fraction of sp³-hybridized carbons (Fsp3) is 0.444. The van der Waals surface area contributed by atoms with E-state index in [0.29, 0.717) is 13.0 Å². The lowest BCUT2D eigenvalue weighted by Gasteiger charge is -2.15. The van der Waals surface area contributed by atoms with Crippen LogP contribution in [0.5, 0.6) is 0 Å². The predicted octanol–water partition coefficient (Wildman–Crippen LogP) is 2.20. The van der Waals surface area contributed by atoms with Gasteiger partial charge in [0.05, 0.1) is 6.10 Å². The fourth-order valence-corrected chi connectivity index (χ4v) is 3.59. The molecular formula is C18H21N3O3. The van der Waals surface area contributed by atoms with Gasteiger partial charge in [0, 0.05) is 36.7 Å². The molecule has 0 bridgehead atoms. The Balaban J connectivity index is 1.43. The third-order valence-corrected chi connectivity index (χ3v) is 4.90. The lowest BCUT2D eigenvalue weighted by molar-refractivity contribution is -0.127. The summed E-state index contributed by atoms with van der Waals surface area (Å²) in [6.07, 6.45) is 5.40. The number of para-hydroxylation sites is 1. The van der Waals surface area contributed by atoms with E-state index in [9.17, 15) is 9.59 Å². The lowest BCUT2D eigenvalue weighted by Crippen LogP contribution is -2.34. The Morgan fingerprint density at radius 3 is 2.96 bits per heavy atom. The number of carbonyl (C=O) groups excluding carboxylic acids is 2. The molecule has 24 heavy (non-hydrogen) atoms. The van der Waals surface area contributed by atoms with Crippen LogP contribution in [0.25, 0.3) is 10.9 Å². The highest BCUT2D eigenvalue weighted by Crippen LogP contribution is 2.22. The molecule has 2 aliphatic heterocycles. The lowest BCUT2D eigenvalue weighted by atomic mass is 10.0. The van der Waals surface area contributed by atoms with Crippen LogP contribution in [0.3, 0.4) is 0 Å². The normalized spacial score (nSPS) is 24.1. The van der Waals surface area contributed by atoms with Crippen LogP contribution < -0.4 is 5.32 Å². The van der Waals surface area contributed by atoms with Crippen LogP contribution in [0.2, 0.25) is 0 Å². The molecule has 2 aliphatic rings. The molecule has 1 aromatic heterocycles. The Bertz CT molecular complexity index is 764. The van der Waals surface area contributed by atoms with E-state index in [0.717, 1.165) is 42.3 Å². The molecule has 3 heterocycles. The number of H-pyrrole nitrogens is 1. The molecule has 0 spiro atoms. The maximum absolute atomic E-state index is 12.6. The SMILES string of the molecule is O=C1N[C@H](Cc2c[nH]c3ccccc23)C(=O)N1CC[C@@H]1CCCO1. The van der Waals surface area contributed by atoms with Crippen molar-refractivity contribution in [2.24, 2.45) is 0 Å². The molecule has 4 rings (SSSR count). The Morgan fingerprint density at radius 2 is 2.12 bits per heavy atom.